The van der Waals surface area contributed by atoms with Crippen molar-refractivity contribution in [2.45, 2.75) is 169 Å². The van der Waals surface area contributed by atoms with Crippen molar-refractivity contribution < 1.29 is 43.1 Å². The average Bonchev–Trinajstić information content (AvgIpc) is 3.09. The zero-order valence-electron chi connectivity index (χ0n) is 33.4. The standard InChI is InChI=1S/C24H47NO4.C16H22N2O3.ClH/c1-4-7-8-9-10-11-12-13-14-15-16-17-18-19-20-25-22(24(27)29-6-3)21-23(26)28-5-2;1-4-12(17-9(2)3)16(21)11-5-7-13(19)15-10(11)6-8-14(20)18-15;/h22,25H,4-21H2,1-3H3;5-9,12,16-17,19,21H,4H2,1-3H3,(H,18,20);1H/t22-;12-,16+;/m00./s1. The molecule has 0 aliphatic heterocycles. The zero-order valence-corrected chi connectivity index (χ0v) is 33.1. The summed E-state index contributed by atoms with van der Waals surface area (Å²) in [5.74, 6) is -0.728. The minimum absolute atomic E-state index is 0. The van der Waals surface area contributed by atoms with Crippen molar-refractivity contribution in [3.63, 3.8) is 0 Å². The summed E-state index contributed by atoms with van der Waals surface area (Å²) in [6.07, 6.45) is 18.6. The van der Waals surface area contributed by atoms with Crippen LogP contribution >= 0.6 is 0 Å². The number of benzene rings is 1. The van der Waals surface area contributed by atoms with E-state index in [1.807, 2.05) is 20.8 Å². The quantitative estimate of drug-likeness (QED) is 0.0656. The zero-order chi connectivity index (χ0) is 37.1. The van der Waals surface area contributed by atoms with Crippen LogP contribution in [0.2, 0.25) is 0 Å². The van der Waals surface area contributed by atoms with Crippen LogP contribution in [0.1, 0.15) is 157 Å². The first-order valence-electron chi connectivity index (χ1n) is 19.4. The Labute approximate surface area is 315 Å². The van der Waals surface area contributed by atoms with E-state index >= 15 is 0 Å². The van der Waals surface area contributed by atoms with Gasteiger partial charge in [-0.05, 0) is 50.9 Å². The Hall–Kier alpha value is -2.66. The van der Waals surface area contributed by atoms with E-state index in [1.54, 1.807) is 26.0 Å². The third-order valence-corrected chi connectivity index (χ3v) is 8.76. The predicted molar refractivity (Wildman–Crippen MR) is 205 cm³/mol. The van der Waals surface area contributed by atoms with Crippen LogP contribution in [0.4, 0.5) is 0 Å². The molecule has 294 valence electrons. The third-order valence-electron chi connectivity index (χ3n) is 8.76. The molecule has 1 heterocycles. The number of ether oxygens (including phenoxy) is 2. The highest BCUT2D eigenvalue weighted by molar-refractivity contribution is 5.87. The fourth-order valence-corrected chi connectivity index (χ4v) is 6.06. The van der Waals surface area contributed by atoms with Gasteiger partial charge in [-0.1, -0.05) is 117 Å². The fraction of sp³-hybridized carbons (Fsp3) is 0.725. The molecule has 2 aromatic rings. The molecule has 51 heavy (non-hydrogen) atoms. The van der Waals surface area contributed by atoms with Crippen LogP contribution in [0.25, 0.3) is 10.9 Å². The number of H-pyrrole nitrogens is 1. The van der Waals surface area contributed by atoms with Crippen LogP contribution < -0.4 is 28.6 Å². The van der Waals surface area contributed by atoms with Crippen molar-refractivity contribution >= 4 is 22.8 Å². The number of esters is 2. The highest BCUT2D eigenvalue weighted by atomic mass is 35.5. The number of aromatic nitrogens is 1. The number of aromatic hydroxyl groups is 1. The second kappa shape index (κ2) is 29.9. The van der Waals surface area contributed by atoms with E-state index in [2.05, 4.69) is 22.5 Å². The molecule has 0 aliphatic carbocycles. The summed E-state index contributed by atoms with van der Waals surface area (Å²) in [5, 5.41) is 27.7. The van der Waals surface area contributed by atoms with Crippen molar-refractivity contribution in [2.24, 2.45) is 0 Å². The van der Waals surface area contributed by atoms with Gasteiger partial charge < -0.3 is 47.7 Å². The maximum absolute atomic E-state index is 12.0. The van der Waals surface area contributed by atoms with E-state index in [0.29, 0.717) is 29.7 Å². The summed E-state index contributed by atoms with van der Waals surface area (Å²) < 4.78 is 9.99. The van der Waals surface area contributed by atoms with Crippen LogP contribution in [-0.4, -0.2) is 65.0 Å². The van der Waals surface area contributed by atoms with E-state index in [0.717, 1.165) is 25.8 Å². The molecule has 0 unspecified atom stereocenters. The Balaban J connectivity index is 0. The molecular weight excluding hydrogens is 670 g/mol. The summed E-state index contributed by atoms with van der Waals surface area (Å²) in [6.45, 7) is 13.2. The van der Waals surface area contributed by atoms with Crippen molar-refractivity contribution in [2.75, 3.05) is 19.8 Å². The SMILES string of the molecule is CCCCCCCCCCCCCCCCN[C@@H](CC(=O)OCC)C(=O)OCC.CC[C@H](NC(C)C)[C@H](O)c1ccc(O)c2[nH]c(=O)ccc12.[Cl-].[H+]. The van der Waals surface area contributed by atoms with Gasteiger partial charge in [0, 0.05) is 23.5 Å². The highest BCUT2D eigenvalue weighted by Crippen LogP contribution is 2.31. The van der Waals surface area contributed by atoms with Gasteiger partial charge >= 0.3 is 13.4 Å². The van der Waals surface area contributed by atoms with Crippen LogP contribution in [0.5, 0.6) is 5.75 Å². The number of pyridine rings is 1. The lowest BCUT2D eigenvalue weighted by molar-refractivity contribution is -0.152. The van der Waals surface area contributed by atoms with Crippen LogP contribution in [0, 0.1) is 0 Å². The Morgan fingerprint density at radius 1 is 0.804 bits per heavy atom. The Morgan fingerprint density at radius 2 is 1.35 bits per heavy atom. The van der Waals surface area contributed by atoms with Gasteiger partial charge in [0.25, 0.3) is 0 Å². The summed E-state index contributed by atoms with van der Waals surface area (Å²) in [5.41, 5.74) is 0.772. The molecule has 3 atom stereocenters. The second-order valence-corrected chi connectivity index (χ2v) is 13.4. The predicted octanol–water partition coefficient (Wildman–Crippen LogP) is 5.10. The molecule has 2 rings (SSSR count). The van der Waals surface area contributed by atoms with Gasteiger partial charge in [-0.25, -0.2) is 0 Å². The summed E-state index contributed by atoms with van der Waals surface area (Å²) in [4.78, 5) is 37.6. The van der Waals surface area contributed by atoms with E-state index in [1.165, 1.54) is 89.2 Å². The summed E-state index contributed by atoms with van der Waals surface area (Å²) in [7, 11) is 0. The van der Waals surface area contributed by atoms with Crippen molar-refractivity contribution in [1.29, 1.82) is 0 Å². The van der Waals surface area contributed by atoms with Gasteiger partial charge in [0.1, 0.15) is 11.8 Å². The first-order chi connectivity index (χ1) is 24.1. The number of fused-ring (bicyclic) bond motifs is 1. The van der Waals surface area contributed by atoms with Gasteiger partial charge in [-0.3, -0.25) is 14.4 Å². The van der Waals surface area contributed by atoms with Crippen molar-refractivity contribution in [1.82, 2.24) is 15.6 Å². The smallest absolute Gasteiger partial charge is 1.00 e. The average molecular weight is 740 g/mol. The fourth-order valence-electron chi connectivity index (χ4n) is 6.06. The normalized spacial score (nSPS) is 12.8. The number of unbranched alkanes of at least 4 members (excludes halogenated alkanes) is 13. The summed E-state index contributed by atoms with van der Waals surface area (Å²) >= 11 is 0. The molecule has 0 fully saturated rings. The van der Waals surface area contributed by atoms with Crippen molar-refractivity contribution in [3.8, 4) is 5.75 Å². The van der Waals surface area contributed by atoms with Gasteiger partial charge in [-0.15, -0.1) is 0 Å². The monoisotopic (exact) mass is 739 g/mol. The highest BCUT2D eigenvalue weighted by Gasteiger charge is 2.24. The Bertz CT molecular complexity index is 1260. The number of phenolic OH excluding ortho intramolecular Hbond substituents is 1. The number of halogens is 1. The molecule has 0 spiro atoms. The number of nitrogens with one attached hydrogen (secondary N) is 3. The number of hydrogen-bond donors (Lipinski definition) is 5. The molecular formula is C40H70ClN3O7. The molecule has 0 radical (unpaired) electrons. The number of carbonyl (C=O) groups excluding carboxylic acids is 2. The Morgan fingerprint density at radius 3 is 1.86 bits per heavy atom. The number of rotatable bonds is 26. The van der Waals surface area contributed by atoms with Crippen LogP contribution in [0.15, 0.2) is 29.1 Å². The number of hydrogen-bond acceptors (Lipinski definition) is 9. The van der Waals surface area contributed by atoms with E-state index in [-0.39, 0.29) is 55.6 Å². The number of aromatic amines is 1. The maximum Gasteiger partial charge on any atom is 1.00 e. The van der Waals surface area contributed by atoms with Gasteiger partial charge in [0.2, 0.25) is 5.56 Å². The molecule has 5 N–H and O–H groups in total. The van der Waals surface area contributed by atoms with E-state index in [4.69, 9.17) is 9.47 Å². The van der Waals surface area contributed by atoms with Crippen molar-refractivity contribution in [3.05, 3.63) is 40.2 Å². The van der Waals surface area contributed by atoms with Crippen LogP contribution in [0.3, 0.4) is 0 Å². The molecule has 11 heteroatoms. The minimum Gasteiger partial charge on any atom is -1.00 e. The number of phenols is 1. The first kappa shape index (κ1) is 48.3. The second-order valence-electron chi connectivity index (χ2n) is 13.4. The Kier molecular flexibility index (Phi) is 28.3. The molecule has 1 aromatic carbocycles. The molecule has 1 aromatic heterocycles. The maximum atomic E-state index is 12.0. The molecule has 10 nitrogen and oxygen atoms in total. The van der Waals surface area contributed by atoms with E-state index in [9.17, 15) is 24.6 Å². The number of aliphatic hydroxyl groups excluding tert-OH is 1. The molecule has 0 amide bonds. The van der Waals surface area contributed by atoms with Gasteiger partial charge in [0.15, 0.2) is 0 Å². The van der Waals surface area contributed by atoms with Crippen LogP contribution in [-0.2, 0) is 19.1 Å². The van der Waals surface area contributed by atoms with Gasteiger partial charge in [0.05, 0.1) is 31.3 Å². The topological polar surface area (TPSA) is 150 Å². The molecule has 0 aliphatic rings. The molecule has 0 bridgehead atoms. The largest absolute Gasteiger partial charge is 1.00 e. The lowest BCUT2D eigenvalue weighted by Gasteiger charge is -2.26. The minimum atomic E-state index is -0.716. The third kappa shape index (κ3) is 20.8. The molecule has 0 saturated heterocycles. The molecule has 0 saturated carbocycles. The summed E-state index contributed by atoms with van der Waals surface area (Å²) in [6, 6.07) is 5.79. The lowest BCUT2D eigenvalue weighted by Crippen LogP contribution is -3.00. The number of carbonyl (C=O) groups is 2. The van der Waals surface area contributed by atoms with E-state index < -0.39 is 12.1 Å². The van der Waals surface area contributed by atoms with Gasteiger partial charge in [-0.2, -0.15) is 0 Å². The number of aliphatic hydroxyl groups is 1. The lowest BCUT2D eigenvalue weighted by atomic mass is 9.95. The first-order valence-corrected chi connectivity index (χ1v) is 19.4.